The lowest BCUT2D eigenvalue weighted by Gasteiger charge is -2.43. The minimum atomic E-state index is -0.0912. The van der Waals surface area contributed by atoms with Crippen LogP contribution >= 0.6 is 15.9 Å². The predicted octanol–water partition coefficient (Wildman–Crippen LogP) is 4.51. The van der Waals surface area contributed by atoms with Gasteiger partial charge in [0.1, 0.15) is 11.6 Å². The van der Waals surface area contributed by atoms with E-state index in [0.29, 0.717) is 0 Å². The molecule has 3 nitrogen and oxygen atoms in total. The summed E-state index contributed by atoms with van der Waals surface area (Å²) in [5, 5.41) is 9.05. The average Bonchev–Trinajstić information content (AvgIpc) is 2.77. The molecule has 1 heterocycles. The van der Waals surface area contributed by atoms with Crippen molar-refractivity contribution in [2.45, 2.75) is 44.4 Å². The summed E-state index contributed by atoms with van der Waals surface area (Å²) >= 11 is 3.59. The van der Waals surface area contributed by atoms with E-state index in [0.717, 1.165) is 29.0 Å². The quantitative estimate of drug-likeness (QED) is 0.738. The summed E-state index contributed by atoms with van der Waals surface area (Å²) in [7, 11) is 2.08. The predicted molar refractivity (Wildman–Crippen MR) is 93.0 cm³/mol. The molecule has 3 rings (SSSR count). The van der Waals surface area contributed by atoms with Crippen molar-refractivity contribution >= 4 is 15.9 Å². The second kappa shape index (κ2) is 5.05. The number of allylic oxidation sites excluding steroid dienone is 1. The number of benzene rings is 1. The summed E-state index contributed by atoms with van der Waals surface area (Å²) in [5.41, 5.74) is 2.45. The largest absolute Gasteiger partial charge is 0.317 e. The van der Waals surface area contributed by atoms with E-state index >= 15 is 0 Å². The molecular formula is C18H22BrN3. The van der Waals surface area contributed by atoms with Gasteiger partial charge < -0.3 is 4.57 Å². The first-order chi connectivity index (χ1) is 10.2. The van der Waals surface area contributed by atoms with Crippen molar-refractivity contribution in [2.24, 2.45) is 7.05 Å². The Bertz CT molecular complexity index is 729. The van der Waals surface area contributed by atoms with Crippen LogP contribution in [-0.2, 0) is 17.9 Å². The molecule has 0 N–H and O–H groups in total. The number of hydrogen-bond acceptors (Lipinski definition) is 2. The zero-order chi connectivity index (χ0) is 16.1. The van der Waals surface area contributed by atoms with Crippen LogP contribution in [0.4, 0.5) is 0 Å². The number of halogens is 1. The first kappa shape index (κ1) is 15.5. The Morgan fingerprint density at radius 1 is 1.23 bits per heavy atom. The van der Waals surface area contributed by atoms with Crippen molar-refractivity contribution in [2.75, 3.05) is 0 Å². The van der Waals surface area contributed by atoms with Crippen LogP contribution in [0, 0.1) is 0 Å². The number of nitrogens with zero attached hydrogens (tertiary/aromatic N) is 3. The minimum absolute atomic E-state index is 0.0147. The SMILES string of the molecule is C=C1CC(c2cccc(Br)c2)(c2nnc(C(C)(C)C)n2C)C1. The van der Waals surface area contributed by atoms with Crippen molar-refractivity contribution in [3.05, 3.63) is 58.1 Å². The van der Waals surface area contributed by atoms with Gasteiger partial charge in [-0.15, -0.1) is 10.2 Å². The van der Waals surface area contributed by atoms with Crippen molar-refractivity contribution < 1.29 is 0 Å². The third-order valence-electron chi connectivity index (χ3n) is 4.45. The molecule has 1 saturated carbocycles. The van der Waals surface area contributed by atoms with Crippen molar-refractivity contribution in [3.8, 4) is 0 Å². The molecule has 0 bridgehead atoms. The highest BCUT2D eigenvalue weighted by molar-refractivity contribution is 9.10. The van der Waals surface area contributed by atoms with Gasteiger partial charge in [0.2, 0.25) is 0 Å². The molecule has 0 radical (unpaired) electrons. The Labute approximate surface area is 140 Å². The first-order valence-corrected chi connectivity index (χ1v) is 8.36. The summed E-state index contributed by atoms with van der Waals surface area (Å²) in [4.78, 5) is 0. The van der Waals surface area contributed by atoms with Gasteiger partial charge in [-0.2, -0.15) is 0 Å². The van der Waals surface area contributed by atoms with Crippen LogP contribution in [0.1, 0.15) is 50.8 Å². The highest BCUT2D eigenvalue weighted by atomic mass is 79.9. The van der Waals surface area contributed by atoms with E-state index in [1.54, 1.807) is 0 Å². The average molecular weight is 360 g/mol. The fourth-order valence-corrected chi connectivity index (χ4v) is 3.88. The van der Waals surface area contributed by atoms with Crippen LogP contribution in [0.5, 0.6) is 0 Å². The first-order valence-electron chi connectivity index (χ1n) is 7.57. The van der Waals surface area contributed by atoms with Crippen molar-refractivity contribution in [1.82, 2.24) is 14.8 Å². The Morgan fingerprint density at radius 2 is 1.91 bits per heavy atom. The molecule has 22 heavy (non-hydrogen) atoms. The zero-order valence-corrected chi connectivity index (χ0v) is 15.2. The molecule has 1 fully saturated rings. The molecule has 1 aromatic carbocycles. The molecule has 1 aliphatic rings. The summed E-state index contributed by atoms with van der Waals surface area (Å²) in [6.07, 6.45) is 1.89. The van der Waals surface area contributed by atoms with Crippen LogP contribution in [-0.4, -0.2) is 14.8 Å². The molecule has 0 spiro atoms. The highest BCUT2D eigenvalue weighted by Crippen LogP contribution is 2.51. The van der Waals surface area contributed by atoms with Crippen LogP contribution in [0.2, 0.25) is 0 Å². The van der Waals surface area contributed by atoms with E-state index in [-0.39, 0.29) is 10.8 Å². The molecule has 1 aromatic heterocycles. The van der Waals surface area contributed by atoms with Gasteiger partial charge in [-0.1, -0.05) is 61.0 Å². The highest BCUT2D eigenvalue weighted by Gasteiger charge is 2.47. The Hall–Kier alpha value is -1.42. The monoisotopic (exact) mass is 359 g/mol. The molecule has 0 saturated heterocycles. The van der Waals surface area contributed by atoms with E-state index in [2.05, 4.69) is 89.4 Å². The van der Waals surface area contributed by atoms with Gasteiger partial charge in [0.05, 0.1) is 5.41 Å². The van der Waals surface area contributed by atoms with Gasteiger partial charge >= 0.3 is 0 Å². The van der Waals surface area contributed by atoms with Gasteiger partial charge in [-0.25, -0.2) is 0 Å². The molecule has 1 aliphatic carbocycles. The molecule has 4 heteroatoms. The van der Waals surface area contributed by atoms with Gasteiger partial charge in [0, 0.05) is 16.9 Å². The smallest absolute Gasteiger partial charge is 0.144 e. The number of rotatable bonds is 2. The van der Waals surface area contributed by atoms with E-state index in [4.69, 9.17) is 0 Å². The molecule has 0 amide bonds. The van der Waals surface area contributed by atoms with Crippen LogP contribution in [0.25, 0.3) is 0 Å². The third-order valence-corrected chi connectivity index (χ3v) is 4.95. The Morgan fingerprint density at radius 3 is 2.41 bits per heavy atom. The summed E-state index contributed by atoms with van der Waals surface area (Å²) in [6, 6.07) is 8.52. The van der Waals surface area contributed by atoms with Crippen molar-refractivity contribution in [1.29, 1.82) is 0 Å². The van der Waals surface area contributed by atoms with E-state index < -0.39 is 0 Å². The molecule has 116 valence electrons. The van der Waals surface area contributed by atoms with Gasteiger partial charge in [-0.05, 0) is 30.5 Å². The maximum Gasteiger partial charge on any atom is 0.144 e. The lowest BCUT2D eigenvalue weighted by molar-refractivity contribution is 0.366. The second-order valence-corrected chi connectivity index (χ2v) is 8.27. The second-order valence-electron chi connectivity index (χ2n) is 7.35. The van der Waals surface area contributed by atoms with Crippen LogP contribution in [0.3, 0.4) is 0 Å². The molecule has 2 aromatic rings. The number of hydrogen-bond donors (Lipinski definition) is 0. The minimum Gasteiger partial charge on any atom is -0.317 e. The molecule has 0 aliphatic heterocycles. The standard InChI is InChI=1S/C18H22BrN3/c1-12-10-18(11-12,13-7-6-8-14(19)9-13)16-21-20-15(22(16)5)17(2,3)4/h6-9H,1,10-11H2,2-5H3. The molecule has 0 unspecified atom stereocenters. The Balaban J connectivity index is 2.14. The maximum atomic E-state index is 4.57. The van der Waals surface area contributed by atoms with Gasteiger partial charge in [-0.3, -0.25) is 0 Å². The topological polar surface area (TPSA) is 30.7 Å². The van der Waals surface area contributed by atoms with E-state index in [1.165, 1.54) is 11.1 Å². The van der Waals surface area contributed by atoms with E-state index in [9.17, 15) is 0 Å². The van der Waals surface area contributed by atoms with Gasteiger partial charge in [0.25, 0.3) is 0 Å². The maximum absolute atomic E-state index is 4.57. The van der Waals surface area contributed by atoms with E-state index in [1.807, 2.05) is 0 Å². The summed E-state index contributed by atoms with van der Waals surface area (Å²) < 4.78 is 3.27. The molecule has 0 atom stereocenters. The number of aromatic nitrogens is 3. The van der Waals surface area contributed by atoms with Crippen molar-refractivity contribution in [3.63, 3.8) is 0 Å². The normalized spacial score (nSPS) is 17.4. The lowest BCUT2D eigenvalue weighted by atomic mass is 9.61. The Kier molecular flexibility index (Phi) is 3.55. The van der Waals surface area contributed by atoms with Crippen LogP contribution in [0.15, 0.2) is 40.9 Å². The summed E-state index contributed by atoms with van der Waals surface area (Å²) in [6.45, 7) is 10.7. The van der Waals surface area contributed by atoms with Crippen LogP contribution < -0.4 is 0 Å². The van der Waals surface area contributed by atoms with Gasteiger partial charge in [0.15, 0.2) is 0 Å². The summed E-state index contributed by atoms with van der Waals surface area (Å²) in [5.74, 6) is 2.07. The zero-order valence-electron chi connectivity index (χ0n) is 13.7. The lowest BCUT2D eigenvalue weighted by Crippen LogP contribution is -2.40. The fraction of sp³-hybridized carbons (Fsp3) is 0.444. The molecular weight excluding hydrogens is 338 g/mol. The third kappa shape index (κ3) is 2.34. The fourth-order valence-electron chi connectivity index (χ4n) is 3.48.